The van der Waals surface area contributed by atoms with Gasteiger partial charge in [-0.1, -0.05) is 48.2 Å². The first kappa shape index (κ1) is 21.6. The van der Waals surface area contributed by atoms with Gasteiger partial charge in [0.2, 0.25) is 5.91 Å². The van der Waals surface area contributed by atoms with E-state index in [2.05, 4.69) is 34.2 Å². The molecule has 2 aromatic heterocycles. The Morgan fingerprint density at radius 3 is 2.76 bits per heavy atom. The Hall–Kier alpha value is -2.90. The average Bonchev–Trinajstić information content (AvgIpc) is 3.31. The van der Waals surface area contributed by atoms with Crippen molar-refractivity contribution in [2.45, 2.75) is 43.7 Å². The molecule has 2 aromatic carbocycles. The van der Waals surface area contributed by atoms with Gasteiger partial charge in [-0.05, 0) is 66.8 Å². The molecule has 4 aromatic rings. The second-order valence-electron chi connectivity index (χ2n) is 8.96. The lowest BCUT2D eigenvalue weighted by Gasteiger charge is -2.29. The molecule has 6 rings (SSSR count). The minimum atomic E-state index is -0.141. The van der Waals surface area contributed by atoms with Crippen LogP contribution in [0.2, 0.25) is 0 Å². The van der Waals surface area contributed by atoms with Crippen molar-refractivity contribution in [3.05, 3.63) is 74.9 Å². The molecule has 0 unspecified atom stereocenters. The summed E-state index contributed by atoms with van der Waals surface area (Å²) in [7, 11) is 0. The number of carbonyl (C=O) groups is 1. The molecule has 0 saturated heterocycles. The minimum absolute atomic E-state index is 0.0424. The molecule has 0 atom stereocenters. The summed E-state index contributed by atoms with van der Waals surface area (Å²) in [5.74, 6) is 0.284. The molecule has 1 N–H and O–H groups in total. The number of anilines is 1. The van der Waals surface area contributed by atoms with Crippen molar-refractivity contribution in [3.63, 3.8) is 0 Å². The van der Waals surface area contributed by atoms with Crippen LogP contribution in [0.5, 0.6) is 0 Å². The minimum Gasteiger partial charge on any atom is -0.311 e. The average molecular weight is 488 g/mol. The van der Waals surface area contributed by atoms with E-state index in [4.69, 9.17) is 0 Å². The van der Waals surface area contributed by atoms with E-state index in [1.165, 1.54) is 52.6 Å². The van der Waals surface area contributed by atoms with E-state index in [1.807, 2.05) is 28.5 Å². The van der Waals surface area contributed by atoms with Gasteiger partial charge in [-0.3, -0.25) is 9.59 Å². The Labute approximate surface area is 206 Å². The Morgan fingerprint density at radius 1 is 1.03 bits per heavy atom. The van der Waals surface area contributed by atoms with Crippen LogP contribution in [0.25, 0.3) is 21.3 Å². The number of H-pyrrole nitrogens is 1. The van der Waals surface area contributed by atoms with Crippen LogP contribution in [-0.4, -0.2) is 28.2 Å². The number of para-hydroxylation sites is 1. The fourth-order valence-electron chi connectivity index (χ4n) is 5.11. The number of hydrogen-bond donors (Lipinski definition) is 1. The summed E-state index contributed by atoms with van der Waals surface area (Å²) in [4.78, 5) is 36.2. The molecule has 0 spiro atoms. The zero-order valence-electron chi connectivity index (χ0n) is 18.8. The predicted molar refractivity (Wildman–Crippen MR) is 140 cm³/mol. The highest BCUT2D eigenvalue weighted by Gasteiger charge is 2.23. The number of carbonyl (C=O) groups excluding carboxylic acids is 1. The Balaban J connectivity index is 1.23. The smallest absolute Gasteiger partial charge is 0.260 e. The second-order valence-corrected chi connectivity index (χ2v) is 10.8. The molecule has 1 amide bonds. The van der Waals surface area contributed by atoms with Crippen LogP contribution in [0.3, 0.4) is 0 Å². The molecular weight excluding hydrogens is 462 g/mol. The van der Waals surface area contributed by atoms with E-state index >= 15 is 0 Å². The van der Waals surface area contributed by atoms with Crippen molar-refractivity contribution in [3.8, 4) is 11.1 Å². The molecule has 34 heavy (non-hydrogen) atoms. The monoisotopic (exact) mass is 487 g/mol. The summed E-state index contributed by atoms with van der Waals surface area (Å²) in [6.45, 7) is 0.731. The van der Waals surface area contributed by atoms with Gasteiger partial charge in [0.25, 0.3) is 5.56 Å². The summed E-state index contributed by atoms with van der Waals surface area (Å²) >= 11 is 2.79. The SMILES string of the molecule is O=C(CSc1nc2scc(-c3ccc4c(c3)CCCC4)c2c(=O)[nH]1)N1CCCc2ccccc21. The summed E-state index contributed by atoms with van der Waals surface area (Å²) in [6, 6.07) is 14.7. The van der Waals surface area contributed by atoms with Gasteiger partial charge in [0, 0.05) is 23.2 Å². The lowest BCUT2D eigenvalue weighted by Crippen LogP contribution is -2.36. The number of aryl methyl sites for hydroxylation is 3. The largest absolute Gasteiger partial charge is 0.311 e. The van der Waals surface area contributed by atoms with Gasteiger partial charge in [-0.2, -0.15) is 0 Å². The number of amides is 1. The van der Waals surface area contributed by atoms with Crippen LogP contribution in [0.1, 0.15) is 36.0 Å². The lowest BCUT2D eigenvalue weighted by molar-refractivity contribution is -0.116. The Bertz CT molecular complexity index is 1460. The number of nitrogens with one attached hydrogen (secondary N) is 1. The van der Waals surface area contributed by atoms with Crippen molar-refractivity contribution in [1.29, 1.82) is 0 Å². The summed E-state index contributed by atoms with van der Waals surface area (Å²) < 4.78 is 0. The molecule has 0 radical (unpaired) electrons. The number of thiophene rings is 1. The highest BCUT2D eigenvalue weighted by Crippen LogP contribution is 2.34. The maximum absolute atomic E-state index is 13.1. The number of aromatic nitrogens is 2. The van der Waals surface area contributed by atoms with Gasteiger partial charge >= 0.3 is 0 Å². The van der Waals surface area contributed by atoms with E-state index in [1.54, 1.807) is 0 Å². The molecule has 2 aliphatic rings. The standard InChI is InChI=1S/C27H25N3O2S2/c31-23(30-13-5-9-18-7-3-4-10-22(18)30)16-34-27-28-25(32)24-21(15-33-26(24)29-27)20-12-11-17-6-1-2-8-19(17)14-20/h3-4,7,10-12,14-15H,1-2,5-6,8-9,13,16H2,(H,28,29,32). The topological polar surface area (TPSA) is 66.1 Å². The molecule has 1 aliphatic heterocycles. The van der Waals surface area contributed by atoms with Crippen molar-refractivity contribution >= 4 is 44.9 Å². The number of fused-ring (bicyclic) bond motifs is 3. The van der Waals surface area contributed by atoms with Crippen LogP contribution in [0.15, 0.2) is 57.8 Å². The quantitative estimate of drug-likeness (QED) is 0.301. The highest BCUT2D eigenvalue weighted by atomic mass is 32.2. The summed E-state index contributed by atoms with van der Waals surface area (Å²) in [5, 5.41) is 3.17. The fraction of sp³-hybridized carbons (Fsp3) is 0.296. The first-order chi connectivity index (χ1) is 16.7. The molecule has 172 valence electrons. The van der Waals surface area contributed by atoms with E-state index in [9.17, 15) is 9.59 Å². The van der Waals surface area contributed by atoms with E-state index < -0.39 is 0 Å². The zero-order valence-corrected chi connectivity index (χ0v) is 20.4. The number of thioether (sulfide) groups is 1. The van der Waals surface area contributed by atoms with Gasteiger partial charge in [0.05, 0.1) is 11.1 Å². The van der Waals surface area contributed by atoms with Gasteiger partial charge in [0.1, 0.15) is 4.83 Å². The highest BCUT2D eigenvalue weighted by molar-refractivity contribution is 7.99. The van der Waals surface area contributed by atoms with Crippen molar-refractivity contribution in [2.24, 2.45) is 0 Å². The third-order valence-electron chi connectivity index (χ3n) is 6.83. The number of nitrogens with zero attached hydrogens (tertiary/aromatic N) is 2. The van der Waals surface area contributed by atoms with Crippen LogP contribution in [0, 0.1) is 0 Å². The molecular formula is C27H25N3O2S2. The Kier molecular flexibility index (Phi) is 5.75. The second kappa shape index (κ2) is 9.04. The molecule has 3 heterocycles. The maximum atomic E-state index is 13.1. The maximum Gasteiger partial charge on any atom is 0.260 e. The first-order valence-electron chi connectivity index (χ1n) is 11.8. The molecule has 0 fully saturated rings. The molecule has 7 heteroatoms. The fourth-order valence-corrected chi connectivity index (χ4v) is 6.85. The first-order valence-corrected chi connectivity index (χ1v) is 13.7. The van der Waals surface area contributed by atoms with Gasteiger partial charge in [0.15, 0.2) is 5.16 Å². The predicted octanol–water partition coefficient (Wildman–Crippen LogP) is 5.60. The number of aromatic amines is 1. The van der Waals surface area contributed by atoms with Crippen LogP contribution in [-0.2, 0) is 24.1 Å². The normalized spacial score (nSPS) is 15.2. The van der Waals surface area contributed by atoms with Gasteiger partial charge < -0.3 is 9.88 Å². The number of hydrogen-bond acceptors (Lipinski definition) is 5. The van der Waals surface area contributed by atoms with Crippen LogP contribution in [0.4, 0.5) is 5.69 Å². The molecule has 0 bridgehead atoms. The van der Waals surface area contributed by atoms with E-state index in [0.717, 1.165) is 53.9 Å². The van der Waals surface area contributed by atoms with Crippen molar-refractivity contribution in [2.75, 3.05) is 17.2 Å². The molecule has 5 nitrogen and oxygen atoms in total. The number of rotatable bonds is 4. The Morgan fingerprint density at radius 2 is 1.85 bits per heavy atom. The van der Waals surface area contributed by atoms with E-state index in [-0.39, 0.29) is 17.2 Å². The summed E-state index contributed by atoms with van der Waals surface area (Å²) in [6.07, 6.45) is 6.70. The summed E-state index contributed by atoms with van der Waals surface area (Å²) in [5.41, 5.74) is 6.94. The third-order valence-corrected chi connectivity index (χ3v) is 8.56. The van der Waals surface area contributed by atoms with Crippen molar-refractivity contribution < 1.29 is 4.79 Å². The molecule has 1 aliphatic carbocycles. The van der Waals surface area contributed by atoms with Crippen LogP contribution < -0.4 is 10.5 Å². The molecule has 0 saturated carbocycles. The van der Waals surface area contributed by atoms with Gasteiger partial charge in [-0.15, -0.1) is 11.3 Å². The zero-order chi connectivity index (χ0) is 23.1. The van der Waals surface area contributed by atoms with Crippen LogP contribution >= 0.6 is 23.1 Å². The third kappa shape index (κ3) is 3.97. The lowest BCUT2D eigenvalue weighted by atomic mass is 9.89. The number of benzene rings is 2. The van der Waals surface area contributed by atoms with E-state index in [0.29, 0.717) is 10.5 Å². The van der Waals surface area contributed by atoms with Gasteiger partial charge in [-0.25, -0.2) is 4.98 Å². The van der Waals surface area contributed by atoms with Crippen molar-refractivity contribution in [1.82, 2.24) is 9.97 Å².